The molecule has 0 bridgehead atoms. The van der Waals surface area contributed by atoms with E-state index >= 15 is 0 Å². The maximum atomic E-state index is 12.6. The molecule has 0 radical (unpaired) electrons. The van der Waals surface area contributed by atoms with Gasteiger partial charge in [-0.3, -0.25) is 14.9 Å². The summed E-state index contributed by atoms with van der Waals surface area (Å²) in [6.07, 6.45) is 10.0. The van der Waals surface area contributed by atoms with Gasteiger partial charge in [-0.25, -0.2) is 0 Å². The quantitative estimate of drug-likeness (QED) is 0.650. The molecule has 1 aliphatic heterocycles. The highest BCUT2D eigenvalue weighted by Gasteiger charge is 2.29. The zero-order chi connectivity index (χ0) is 18.4. The molecule has 1 saturated carbocycles. The van der Waals surface area contributed by atoms with Gasteiger partial charge in [0.15, 0.2) is 0 Å². The number of carbonyl (C=O) groups excluding carboxylic acids is 1. The number of benzene rings is 1. The van der Waals surface area contributed by atoms with Crippen molar-refractivity contribution in [2.75, 3.05) is 18.0 Å². The highest BCUT2D eigenvalue weighted by molar-refractivity contribution is 5.79. The van der Waals surface area contributed by atoms with Crippen LogP contribution >= 0.6 is 0 Å². The molecular formula is C20H29N3O3. The van der Waals surface area contributed by atoms with E-state index in [2.05, 4.69) is 5.32 Å². The molecule has 6 heteroatoms. The van der Waals surface area contributed by atoms with Crippen LogP contribution in [0.15, 0.2) is 24.3 Å². The summed E-state index contributed by atoms with van der Waals surface area (Å²) >= 11 is 0. The van der Waals surface area contributed by atoms with Gasteiger partial charge < -0.3 is 10.2 Å². The van der Waals surface area contributed by atoms with Gasteiger partial charge in [-0.15, -0.1) is 0 Å². The van der Waals surface area contributed by atoms with E-state index in [0.29, 0.717) is 24.8 Å². The van der Waals surface area contributed by atoms with Crippen LogP contribution in [0.4, 0.5) is 11.4 Å². The van der Waals surface area contributed by atoms with E-state index < -0.39 is 0 Å². The average molecular weight is 359 g/mol. The Balaban J connectivity index is 1.53. The first-order chi connectivity index (χ1) is 12.6. The Morgan fingerprint density at radius 3 is 2.27 bits per heavy atom. The van der Waals surface area contributed by atoms with Crippen molar-refractivity contribution in [3.8, 4) is 0 Å². The van der Waals surface area contributed by atoms with Crippen molar-refractivity contribution in [2.45, 2.75) is 63.8 Å². The number of hydrogen-bond donors (Lipinski definition) is 1. The van der Waals surface area contributed by atoms with Crippen LogP contribution in [-0.2, 0) is 4.79 Å². The predicted molar refractivity (Wildman–Crippen MR) is 102 cm³/mol. The zero-order valence-electron chi connectivity index (χ0n) is 15.4. The van der Waals surface area contributed by atoms with Crippen LogP contribution in [0, 0.1) is 16.0 Å². The van der Waals surface area contributed by atoms with Crippen LogP contribution in [0.2, 0.25) is 0 Å². The number of para-hydroxylation sites is 2. The second-order valence-corrected chi connectivity index (χ2v) is 7.56. The van der Waals surface area contributed by atoms with Gasteiger partial charge in [0.2, 0.25) is 5.91 Å². The Bertz CT molecular complexity index is 618. The van der Waals surface area contributed by atoms with Gasteiger partial charge in [0.1, 0.15) is 5.69 Å². The third-order valence-electron chi connectivity index (χ3n) is 5.74. The Morgan fingerprint density at radius 2 is 1.62 bits per heavy atom. The minimum atomic E-state index is -0.331. The van der Waals surface area contributed by atoms with Crippen LogP contribution in [0.25, 0.3) is 0 Å². The normalized spacial score (nSPS) is 20.2. The number of carbonyl (C=O) groups is 1. The molecule has 0 spiro atoms. The van der Waals surface area contributed by atoms with Crippen molar-refractivity contribution in [1.82, 2.24) is 5.32 Å². The molecule has 26 heavy (non-hydrogen) atoms. The summed E-state index contributed by atoms with van der Waals surface area (Å²) in [6, 6.07) is 7.19. The van der Waals surface area contributed by atoms with E-state index in [0.717, 1.165) is 25.7 Å². The highest BCUT2D eigenvalue weighted by atomic mass is 16.6. The summed E-state index contributed by atoms with van der Waals surface area (Å²) < 4.78 is 0. The number of anilines is 1. The first-order valence-corrected chi connectivity index (χ1v) is 9.94. The lowest BCUT2D eigenvalue weighted by Gasteiger charge is -2.33. The summed E-state index contributed by atoms with van der Waals surface area (Å²) in [5.74, 6) is 0.206. The SMILES string of the molecule is O=C(NC1CCCCCCC1)C1CCN(c2ccccc2[N+](=O)[O-])CC1. The van der Waals surface area contributed by atoms with Gasteiger partial charge in [-0.1, -0.05) is 44.2 Å². The number of nitro benzene ring substituents is 1. The molecule has 6 nitrogen and oxygen atoms in total. The predicted octanol–water partition coefficient (Wildman–Crippen LogP) is 4.04. The lowest BCUT2D eigenvalue weighted by Crippen LogP contribution is -2.44. The number of nitrogens with zero attached hydrogens (tertiary/aromatic N) is 2. The van der Waals surface area contributed by atoms with Crippen LogP contribution < -0.4 is 10.2 Å². The number of hydrogen-bond acceptors (Lipinski definition) is 4. The summed E-state index contributed by atoms with van der Waals surface area (Å²) in [7, 11) is 0. The lowest BCUT2D eigenvalue weighted by atomic mass is 9.93. The molecular weight excluding hydrogens is 330 g/mol. The minimum absolute atomic E-state index is 0.0273. The van der Waals surface area contributed by atoms with Gasteiger partial charge in [0.05, 0.1) is 4.92 Å². The smallest absolute Gasteiger partial charge is 0.292 e. The Hall–Kier alpha value is -2.11. The fraction of sp³-hybridized carbons (Fsp3) is 0.650. The fourth-order valence-electron chi connectivity index (χ4n) is 4.19. The minimum Gasteiger partial charge on any atom is -0.366 e. The first-order valence-electron chi connectivity index (χ1n) is 9.94. The monoisotopic (exact) mass is 359 g/mol. The number of amides is 1. The molecule has 142 valence electrons. The van der Waals surface area contributed by atoms with Crippen LogP contribution in [-0.4, -0.2) is 30.0 Å². The van der Waals surface area contributed by atoms with E-state index in [4.69, 9.17) is 0 Å². The Kier molecular flexibility index (Phi) is 6.47. The van der Waals surface area contributed by atoms with Crippen LogP contribution in [0.3, 0.4) is 0 Å². The van der Waals surface area contributed by atoms with E-state index in [1.165, 1.54) is 32.1 Å². The molecule has 0 aromatic heterocycles. The topological polar surface area (TPSA) is 75.5 Å². The fourth-order valence-corrected chi connectivity index (χ4v) is 4.19. The van der Waals surface area contributed by atoms with Crippen molar-refractivity contribution >= 4 is 17.3 Å². The van der Waals surface area contributed by atoms with E-state index in [1.54, 1.807) is 18.2 Å². The Labute approximate surface area is 155 Å². The van der Waals surface area contributed by atoms with Gasteiger partial charge in [-0.2, -0.15) is 0 Å². The number of piperidine rings is 1. The van der Waals surface area contributed by atoms with E-state index in [-0.39, 0.29) is 22.4 Å². The molecule has 0 atom stereocenters. The molecule has 2 fully saturated rings. The third kappa shape index (κ3) is 4.74. The molecule has 1 aromatic carbocycles. The zero-order valence-corrected chi connectivity index (χ0v) is 15.4. The molecule has 0 unspecified atom stereocenters. The summed E-state index contributed by atoms with van der Waals surface area (Å²) in [5.41, 5.74) is 0.807. The average Bonchev–Trinajstić information content (AvgIpc) is 2.64. The molecule has 1 saturated heterocycles. The second-order valence-electron chi connectivity index (χ2n) is 7.56. The molecule has 1 heterocycles. The van der Waals surface area contributed by atoms with Crippen LogP contribution in [0.1, 0.15) is 57.8 Å². The largest absolute Gasteiger partial charge is 0.366 e. The Morgan fingerprint density at radius 1 is 1.00 bits per heavy atom. The molecule has 3 rings (SSSR count). The van der Waals surface area contributed by atoms with E-state index in [1.807, 2.05) is 11.0 Å². The standard InChI is InChI=1S/C20H29N3O3/c24-20(21-17-8-4-2-1-3-5-9-17)16-12-14-22(15-13-16)18-10-6-7-11-19(18)23(25)26/h6-7,10-11,16-17H,1-5,8-9,12-15H2,(H,21,24). The maximum Gasteiger partial charge on any atom is 0.292 e. The molecule has 1 aromatic rings. The molecule has 1 aliphatic carbocycles. The van der Waals surface area contributed by atoms with Crippen molar-refractivity contribution < 1.29 is 9.72 Å². The number of nitrogens with one attached hydrogen (secondary N) is 1. The first kappa shape index (κ1) is 18.7. The van der Waals surface area contributed by atoms with Crippen LogP contribution in [0.5, 0.6) is 0 Å². The number of rotatable bonds is 4. The van der Waals surface area contributed by atoms with Crippen molar-refractivity contribution in [3.05, 3.63) is 34.4 Å². The second kappa shape index (κ2) is 9.01. The van der Waals surface area contributed by atoms with Gasteiger partial charge >= 0.3 is 0 Å². The lowest BCUT2D eigenvalue weighted by molar-refractivity contribution is -0.384. The molecule has 2 aliphatic rings. The van der Waals surface area contributed by atoms with E-state index in [9.17, 15) is 14.9 Å². The van der Waals surface area contributed by atoms with Gasteiger partial charge in [0, 0.05) is 31.1 Å². The number of nitro groups is 1. The maximum absolute atomic E-state index is 12.6. The summed E-state index contributed by atoms with van der Waals surface area (Å²) in [6.45, 7) is 1.38. The van der Waals surface area contributed by atoms with Crippen molar-refractivity contribution in [2.24, 2.45) is 5.92 Å². The molecule has 1 amide bonds. The summed E-state index contributed by atoms with van der Waals surface area (Å²) in [5, 5.41) is 14.5. The van der Waals surface area contributed by atoms with Crippen molar-refractivity contribution in [3.63, 3.8) is 0 Å². The summed E-state index contributed by atoms with van der Waals surface area (Å²) in [4.78, 5) is 25.6. The highest BCUT2D eigenvalue weighted by Crippen LogP contribution is 2.31. The molecule has 1 N–H and O–H groups in total. The van der Waals surface area contributed by atoms with Gasteiger partial charge in [0.25, 0.3) is 5.69 Å². The van der Waals surface area contributed by atoms with Crippen molar-refractivity contribution in [1.29, 1.82) is 0 Å². The third-order valence-corrected chi connectivity index (χ3v) is 5.74. The van der Waals surface area contributed by atoms with Gasteiger partial charge in [-0.05, 0) is 31.7 Å².